The van der Waals surface area contributed by atoms with E-state index in [1.807, 2.05) is 44.2 Å². The Kier molecular flexibility index (Phi) is 3.79. The number of hydrogen-bond donors (Lipinski definition) is 1. The maximum atomic E-state index is 10.2. The Balaban J connectivity index is 1.49. The summed E-state index contributed by atoms with van der Waals surface area (Å²) >= 11 is 0. The molecule has 2 saturated heterocycles. The molecule has 2 heterocycles. The Bertz CT molecular complexity index is 447. The van der Waals surface area contributed by atoms with Gasteiger partial charge < -0.3 is 24.1 Å². The second kappa shape index (κ2) is 5.42. The summed E-state index contributed by atoms with van der Waals surface area (Å²) in [5.74, 6) is -0.702. The first-order valence-corrected chi connectivity index (χ1v) is 6.86. The summed E-state index contributed by atoms with van der Waals surface area (Å²) in [5.41, 5.74) is 1.09. The van der Waals surface area contributed by atoms with E-state index in [-0.39, 0.29) is 0 Å². The van der Waals surface area contributed by atoms with Crippen molar-refractivity contribution < 1.29 is 24.1 Å². The highest BCUT2D eigenvalue weighted by atomic mass is 16.8. The van der Waals surface area contributed by atoms with Crippen LogP contribution in [0.2, 0.25) is 0 Å². The lowest BCUT2D eigenvalue weighted by Crippen LogP contribution is -2.36. The molecule has 1 aromatic carbocycles. The Hall–Kier alpha value is -0.980. The molecule has 20 heavy (non-hydrogen) atoms. The van der Waals surface area contributed by atoms with Crippen LogP contribution in [0.3, 0.4) is 0 Å². The van der Waals surface area contributed by atoms with Gasteiger partial charge in [0.25, 0.3) is 0 Å². The lowest BCUT2D eigenvalue weighted by Gasteiger charge is -2.22. The normalized spacial score (nSPS) is 35.1. The van der Waals surface area contributed by atoms with Crippen LogP contribution in [-0.4, -0.2) is 42.1 Å². The topological polar surface area (TPSA) is 57.2 Å². The molecule has 1 aromatic rings. The van der Waals surface area contributed by atoms with E-state index in [0.717, 1.165) is 5.56 Å². The summed E-state index contributed by atoms with van der Waals surface area (Å²) in [5, 5.41) is 10.2. The summed E-state index contributed by atoms with van der Waals surface area (Å²) in [6.45, 7) is 4.43. The van der Waals surface area contributed by atoms with Gasteiger partial charge in [-0.1, -0.05) is 30.3 Å². The van der Waals surface area contributed by atoms with Gasteiger partial charge in [0.05, 0.1) is 13.2 Å². The van der Waals surface area contributed by atoms with Crippen LogP contribution in [0.15, 0.2) is 30.3 Å². The highest BCUT2D eigenvalue weighted by Gasteiger charge is 2.54. The molecular weight excluding hydrogens is 260 g/mol. The molecular formula is C15H20O5. The zero-order valence-electron chi connectivity index (χ0n) is 11.7. The first-order chi connectivity index (χ1) is 9.55. The predicted octanol–water partition coefficient (Wildman–Crippen LogP) is 1.44. The molecule has 0 spiro atoms. The van der Waals surface area contributed by atoms with Gasteiger partial charge in [0.15, 0.2) is 12.1 Å². The zero-order valence-corrected chi connectivity index (χ0v) is 11.7. The fraction of sp³-hybridized carbons (Fsp3) is 0.600. The second-order valence-electron chi connectivity index (χ2n) is 5.63. The monoisotopic (exact) mass is 280 g/mol. The van der Waals surface area contributed by atoms with Gasteiger partial charge in [-0.25, -0.2) is 0 Å². The van der Waals surface area contributed by atoms with Crippen LogP contribution in [0.25, 0.3) is 0 Å². The summed E-state index contributed by atoms with van der Waals surface area (Å²) in [4.78, 5) is 0. The van der Waals surface area contributed by atoms with Crippen LogP contribution in [0.5, 0.6) is 0 Å². The molecule has 0 radical (unpaired) electrons. The molecule has 2 aliphatic heterocycles. The predicted molar refractivity (Wildman–Crippen MR) is 70.8 cm³/mol. The molecule has 5 nitrogen and oxygen atoms in total. The van der Waals surface area contributed by atoms with E-state index in [9.17, 15) is 5.11 Å². The molecule has 4 atom stereocenters. The van der Waals surface area contributed by atoms with Crippen molar-refractivity contribution in [3.8, 4) is 0 Å². The van der Waals surface area contributed by atoms with Gasteiger partial charge in [0, 0.05) is 0 Å². The van der Waals surface area contributed by atoms with Gasteiger partial charge in [0.2, 0.25) is 0 Å². The molecule has 0 aromatic heterocycles. The van der Waals surface area contributed by atoms with Gasteiger partial charge in [-0.15, -0.1) is 0 Å². The minimum absolute atomic E-state index is 0.316. The molecule has 110 valence electrons. The summed E-state index contributed by atoms with van der Waals surface area (Å²) in [6, 6.07) is 9.89. The third kappa shape index (κ3) is 2.87. The fourth-order valence-corrected chi connectivity index (χ4v) is 2.56. The molecule has 0 bridgehead atoms. The number of ether oxygens (including phenoxy) is 4. The van der Waals surface area contributed by atoms with Gasteiger partial charge in [0.1, 0.15) is 18.3 Å². The lowest BCUT2D eigenvalue weighted by atomic mass is 10.1. The Morgan fingerprint density at radius 2 is 1.95 bits per heavy atom. The van der Waals surface area contributed by atoms with Crippen molar-refractivity contribution in [3.63, 3.8) is 0 Å². The average molecular weight is 280 g/mol. The SMILES string of the molecule is CC1(C)O[C@H]2OC(COCc3ccccc3)C(O)[C@H]2O1. The van der Waals surface area contributed by atoms with E-state index in [1.165, 1.54) is 0 Å². The van der Waals surface area contributed by atoms with Crippen LogP contribution in [0.4, 0.5) is 0 Å². The number of aliphatic hydroxyl groups is 1. The van der Waals surface area contributed by atoms with Crippen LogP contribution in [-0.2, 0) is 25.6 Å². The molecule has 0 amide bonds. The van der Waals surface area contributed by atoms with Crippen molar-refractivity contribution >= 4 is 0 Å². The Labute approximate surface area is 118 Å². The van der Waals surface area contributed by atoms with E-state index in [4.69, 9.17) is 18.9 Å². The number of aliphatic hydroxyl groups excluding tert-OH is 1. The van der Waals surface area contributed by atoms with E-state index in [2.05, 4.69) is 0 Å². The first-order valence-electron chi connectivity index (χ1n) is 6.86. The van der Waals surface area contributed by atoms with E-state index in [0.29, 0.717) is 13.2 Å². The maximum absolute atomic E-state index is 10.2. The largest absolute Gasteiger partial charge is 0.387 e. The maximum Gasteiger partial charge on any atom is 0.190 e. The molecule has 0 aliphatic carbocycles. The highest BCUT2D eigenvalue weighted by molar-refractivity contribution is 5.13. The van der Waals surface area contributed by atoms with E-state index in [1.54, 1.807) is 0 Å². The van der Waals surface area contributed by atoms with Gasteiger partial charge in [-0.3, -0.25) is 0 Å². The van der Waals surface area contributed by atoms with Crippen molar-refractivity contribution in [1.29, 1.82) is 0 Å². The minimum atomic E-state index is -0.724. The number of fused-ring (bicyclic) bond motifs is 1. The number of hydrogen-bond acceptors (Lipinski definition) is 5. The van der Waals surface area contributed by atoms with Crippen LogP contribution < -0.4 is 0 Å². The zero-order chi connectivity index (χ0) is 14.2. The van der Waals surface area contributed by atoms with E-state index < -0.39 is 30.4 Å². The molecule has 0 saturated carbocycles. The molecule has 2 unspecified atom stereocenters. The summed E-state index contributed by atoms with van der Waals surface area (Å²) < 4.78 is 22.4. The Morgan fingerprint density at radius 3 is 2.65 bits per heavy atom. The van der Waals surface area contributed by atoms with E-state index >= 15 is 0 Å². The lowest BCUT2D eigenvalue weighted by molar-refractivity contribution is -0.220. The third-order valence-corrected chi connectivity index (χ3v) is 3.51. The minimum Gasteiger partial charge on any atom is -0.387 e. The standard InChI is InChI=1S/C15H20O5/c1-15(2)19-13-12(16)11(18-14(13)20-15)9-17-8-10-6-4-3-5-7-10/h3-7,11-14,16H,8-9H2,1-2H3/t11?,12?,13-,14-/m1/s1. The van der Waals surface area contributed by atoms with Crippen LogP contribution in [0.1, 0.15) is 19.4 Å². The van der Waals surface area contributed by atoms with Gasteiger partial charge in [-0.05, 0) is 19.4 Å². The molecule has 5 heteroatoms. The number of rotatable bonds is 4. The summed E-state index contributed by atoms with van der Waals surface area (Å²) in [6.07, 6.45) is -2.08. The average Bonchev–Trinajstić information content (AvgIpc) is 2.86. The van der Waals surface area contributed by atoms with Crippen molar-refractivity contribution in [2.45, 2.75) is 50.8 Å². The quantitative estimate of drug-likeness (QED) is 0.904. The summed E-state index contributed by atoms with van der Waals surface area (Å²) in [7, 11) is 0. The smallest absolute Gasteiger partial charge is 0.190 e. The van der Waals surface area contributed by atoms with Crippen LogP contribution in [0, 0.1) is 0 Å². The van der Waals surface area contributed by atoms with Crippen molar-refractivity contribution in [2.75, 3.05) is 6.61 Å². The number of benzene rings is 1. The van der Waals surface area contributed by atoms with Gasteiger partial charge in [-0.2, -0.15) is 0 Å². The second-order valence-corrected chi connectivity index (χ2v) is 5.63. The third-order valence-electron chi connectivity index (χ3n) is 3.51. The van der Waals surface area contributed by atoms with Crippen molar-refractivity contribution in [3.05, 3.63) is 35.9 Å². The first kappa shape index (κ1) is 14.0. The highest BCUT2D eigenvalue weighted by Crippen LogP contribution is 2.37. The van der Waals surface area contributed by atoms with Crippen molar-refractivity contribution in [1.82, 2.24) is 0 Å². The fourth-order valence-electron chi connectivity index (χ4n) is 2.56. The Morgan fingerprint density at radius 1 is 1.20 bits per heavy atom. The molecule has 2 aliphatic rings. The molecule has 1 N–H and O–H groups in total. The molecule has 2 fully saturated rings. The van der Waals surface area contributed by atoms with Crippen molar-refractivity contribution in [2.24, 2.45) is 0 Å². The van der Waals surface area contributed by atoms with Crippen LogP contribution >= 0.6 is 0 Å². The van der Waals surface area contributed by atoms with Gasteiger partial charge >= 0.3 is 0 Å². The molecule has 3 rings (SSSR count).